The van der Waals surface area contributed by atoms with Crippen LogP contribution >= 0.6 is 15.2 Å². The summed E-state index contributed by atoms with van der Waals surface area (Å²) >= 11 is 0. The van der Waals surface area contributed by atoms with Crippen LogP contribution in [0.2, 0.25) is 0 Å². The maximum Gasteiger partial charge on any atom is 1.00 e. The fraction of sp³-hybridized carbons (Fsp3) is 0.400. The van der Waals surface area contributed by atoms with Gasteiger partial charge in [0.25, 0.3) is 0 Å². The standard InChI is InChI=1S/C10H15NO6P2.2Na/c12-18(13,14)10(19(15,16)17)11-9-5-7-3-1-2-4-8(7)6-9;;/h1-4,9-11H,5-6H2,(H2,12,13,14)(H2,15,16,17);;/q;2*+1/p-2. The second-order valence-electron chi connectivity index (χ2n) is 4.54. The molecule has 3 N–H and O–H groups in total. The van der Waals surface area contributed by atoms with E-state index in [1.807, 2.05) is 24.3 Å². The summed E-state index contributed by atoms with van der Waals surface area (Å²) in [6.45, 7) is 0. The molecule has 0 radical (unpaired) electrons. The average molecular weight is 351 g/mol. The van der Waals surface area contributed by atoms with Crippen molar-refractivity contribution in [3.8, 4) is 0 Å². The Bertz CT molecular complexity index is 527. The first kappa shape index (κ1) is 22.5. The zero-order chi connectivity index (χ0) is 14.3. The van der Waals surface area contributed by atoms with E-state index in [0.717, 1.165) is 11.1 Å². The van der Waals surface area contributed by atoms with Crippen LogP contribution in [0.1, 0.15) is 11.1 Å². The third-order valence-corrected chi connectivity index (χ3v) is 6.34. The first-order valence-electron chi connectivity index (χ1n) is 5.57. The van der Waals surface area contributed by atoms with Crippen molar-refractivity contribution in [3.63, 3.8) is 0 Å². The molecule has 0 aliphatic heterocycles. The molecule has 1 atom stereocenters. The number of fused-ring (bicyclic) bond motifs is 1. The average Bonchev–Trinajstić information content (AvgIpc) is 2.65. The van der Waals surface area contributed by atoms with E-state index in [1.165, 1.54) is 0 Å². The molecule has 0 fully saturated rings. The minimum atomic E-state index is -5.42. The van der Waals surface area contributed by atoms with E-state index < -0.39 is 26.8 Å². The molecule has 1 aromatic rings. The van der Waals surface area contributed by atoms with Crippen LogP contribution in [0.25, 0.3) is 0 Å². The Kier molecular flexibility index (Phi) is 9.14. The van der Waals surface area contributed by atoms with Crippen molar-refractivity contribution >= 4 is 15.2 Å². The Labute approximate surface area is 166 Å². The first-order chi connectivity index (χ1) is 8.68. The largest absolute Gasteiger partial charge is 1.00 e. The van der Waals surface area contributed by atoms with Gasteiger partial charge < -0.3 is 24.1 Å². The van der Waals surface area contributed by atoms with E-state index in [1.54, 1.807) is 0 Å². The Morgan fingerprint density at radius 3 is 1.86 bits per heavy atom. The summed E-state index contributed by atoms with van der Waals surface area (Å²) in [6, 6.07) is 6.91. The Balaban J connectivity index is 0.00000200. The summed E-state index contributed by atoms with van der Waals surface area (Å²) in [6.07, 6.45) is 0.874. The Morgan fingerprint density at radius 2 is 1.52 bits per heavy atom. The maximum atomic E-state index is 11.1. The summed E-state index contributed by atoms with van der Waals surface area (Å²) in [5.41, 5.74) is -0.397. The molecular weight excluding hydrogens is 338 g/mol. The molecule has 2 rings (SSSR count). The molecule has 1 aliphatic rings. The normalized spacial score (nSPS) is 16.6. The predicted molar refractivity (Wildman–Crippen MR) is 64.2 cm³/mol. The van der Waals surface area contributed by atoms with Gasteiger partial charge in [-0.05, 0) is 31.6 Å². The summed E-state index contributed by atoms with van der Waals surface area (Å²) < 4.78 is 22.1. The van der Waals surface area contributed by atoms with Gasteiger partial charge in [-0.15, -0.1) is 0 Å². The molecule has 106 valence electrons. The van der Waals surface area contributed by atoms with Crippen LogP contribution in [0.5, 0.6) is 0 Å². The molecular formula is C10H13NNa2O6P2. The molecule has 21 heavy (non-hydrogen) atoms. The van der Waals surface area contributed by atoms with E-state index in [4.69, 9.17) is 9.79 Å². The molecule has 0 aromatic heterocycles. The molecule has 1 aromatic carbocycles. The zero-order valence-corrected chi connectivity index (χ0v) is 17.6. The van der Waals surface area contributed by atoms with Crippen LogP contribution in [0.3, 0.4) is 0 Å². The Morgan fingerprint density at radius 1 is 1.10 bits per heavy atom. The third kappa shape index (κ3) is 6.12. The van der Waals surface area contributed by atoms with Crippen molar-refractivity contribution in [1.82, 2.24) is 5.32 Å². The number of rotatable bonds is 4. The van der Waals surface area contributed by atoms with Crippen molar-refractivity contribution in [1.29, 1.82) is 0 Å². The van der Waals surface area contributed by atoms with Crippen molar-refractivity contribution in [2.75, 3.05) is 0 Å². The van der Waals surface area contributed by atoms with Crippen molar-refractivity contribution in [2.45, 2.75) is 24.4 Å². The van der Waals surface area contributed by atoms with E-state index >= 15 is 0 Å². The molecule has 0 saturated carbocycles. The molecule has 1 aliphatic carbocycles. The van der Waals surface area contributed by atoms with Gasteiger partial charge in [0.2, 0.25) is 0 Å². The number of benzene rings is 1. The second-order valence-corrected chi connectivity index (χ2v) is 8.24. The van der Waals surface area contributed by atoms with E-state index in [9.17, 15) is 18.9 Å². The zero-order valence-electron chi connectivity index (χ0n) is 11.8. The summed E-state index contributed by atoms with van der Waals surface area (Å²) in [7, 11) is -10.5. The van der Waals surface area contributed by atoms with E-state index in [2.05, 4.69) is 5.32 Å². The van der Waals surface area contributed by atoms with Crippen molar-refractivity contribution in [3.05, 3.63) is 35.4 Å². The molecule has 0 saturated heterocycles. The Hall–Kier alpha value is 1.48. The second kappa shape index (κ2) is 8.54. The summed E-state index contributed by atoms with van der Waals surface area (Å²) in [4.78, 5) is 39.8. The van der Waals surface area contributed by atoms with Gasteiger partial charge in [0.05, 0.1) is 0 Å². The van der Waals surface area contributed by atoms with Crippen molar-refractivity contribution in [2.24, 2.45) is 0 Å². The topological polar surface area (TPSA) is 133 Å². The fourth-order valence-corrected chi connectivity index (χ4v) is 4.53. The number of hydrogen-bond donors (Lipinski definition) is 3. The van der Waals surface area contributed by atoms with Crippen molar-refractivity contribution < 1.29 is 87.8 Å². The summed E-state index contributed by atoms with van der Waals surface area (Å²) in [5, 5.41) is 2.29. The maximum absolute atomic E-state index is 11.1. The molecule has 0 spiro atoms. The van der Waals surface area contributed by atoms with Gasteiger partial charge >= 0.3 is 66.7 Å². The van der Waals surface area contributed by atoms with Crippen LogP contribution in [0.15, 0.2) is 24.3 Å². The van der Waals surface area contributed by atoms with Gasteiger partial charge in [0, 0.05) is 6.04 Å². The van der Waals surface area contributed by atoms with Gasteiger partial charge in [-0.2, -0.15) is 0 Å². The molecule has 0 amide bonds. The number of hydrogen-bond acceptors (Lipinski definition) is 5. The molecule has 7 nitrogen and oxygen atoms in total. The fourth-order valence-electron chi connectivity index (χ4n) is 2.26. The molecule has 0 heterocycles. The van der Waals surface area contributed by atoms with Crippen LogP contribution in [0, 0.1) is 0 Å². The van der Waals surface area contributed by atoms with E-state index in [0.29, 0.717) is 12.8 Å². The van der Waals surface area contributed by atoms with Crippen LogP contribution in [-0.4, -0.2) is 21.4 Å². The molecule has 1 unspecified atom stereocenters. The first-order valence-corrected chi connectivity index (χ1v) is 8.87. The van der Waals surface area contributed by atoms with E-state index in [-0.39, 0.29) is 59.1 Å². The minimum Gasteiger partial charge on any atom is -0.809 e. The van der Waals surface area contributed by atoms with Crippen LogP contribution in [-0.2, 0) is 22.0 Å². The predicted octanol–water partition coefficient (Wildman–Crippen LogP) is -6.87. The quantitative estimate of drug-likeness (QED) is 0.363. The van der Waals surface area contributed by atoms with Crippen LogP contribution in [0.4, 0.5) is 0 Å². The number of nitrogens with one attached hydrogen (secondary N) is 1. The van der Waals surface area contributed by atoms with Gasteiger partial charge in [-0.1, -0.05) is 24.3 Å². The molecule has 11 heteroatoms. The van der Waals surface area contributed by atoms with Gasteiger partial charge in [0.1, 0.15) is 5.52 Å². The monoisotopic (exact) mass is 351 g/mol. The van der Waals surface area contributed by atoms with Gasteiger partial charge in [-0.3, -0.25) is 9.88 Å². The van der Waals surface area contributed by atoms with Gasteiger partial charge in [0.15, 0.2) is 0 Å². The SMILES string of the molecule is O=P([O-])([O-])C(NC1Cc2ccccc2C1)P(=O)(O)O.[Na+].[Na+]. The summed E-state index contributed by atoms with van der Waals surface area (Å²) in [5.74, 6) is 0. The smallest absolute Gasteiger partial charge is 0.809 e. The third-order valence-electron chi connectivity index (χ3n) is 3.05. The molecule has 0 bridgehead atoms. The van der Waals surface area contributed by atoms with Crippen LogP contribution < -0.4 is 74.2 Å². The van der Waals surface area contributed by atoms with Gasteiger partial charge in [-0.25, -0.2) is 0 Å². The minimum absolute atomic E-state index is 0.